The highest BCUT2D eigenvalue weighted by molar-refractivity contribution is 8.19. The molecule has 0 saturated carbocycles. The van der Waals surface area contributed by atoms with Gasteiger partial charge in [-0.25, -0.2) is 0 Å². The van der Waals surface area contributed by atoms with Crippen LogP contribution < -0.4 is 0 Å². The highest BCUT2D eigenvalue weighted by Gasteiger charge is 2.21. The topological polar surface area (TPSA) is 40.5 Å². The minimum atomic E-state index is -1.12. The van der Waals surface area contributed by atoms with E-state index in [2.05, 4.69) is 0 Å². The summed E-state index contributed by atoms with van der Waals surface area (Å²) in [5.74, 6) is 0.877. The van der Waals surface area contributed by atoms with Gasteiger partial charge in [0.1, 0.15) is 0 Å². The molecule has 0 bridgehead atoms. The maximum absolute atomic E-state index is 8.57. The number of aliphatic hydroxyl groups is 2. The van der Waals surface area contributed by atoms with Crippen molar-refractivity contribution in [1.82, 2.24) is 0 Å². The SMILES string of the molecule is OC(O)C1CSCS1. The molecular formula is C4H8O2S2. The standard InChI is InChI=1S/C4H8O2S2/c5-4(6)3-1-7-2-8-3/h3-6H,1-2H2. The van der Waals surface area contributed by atoms with Crippen molar-refractivity contribution in [2.75, 3.05) is 10.8 Å². The smallest absolute Gasteiger partial charge is 0.164 e. The van der Waals surface area contributed by atoms with Crippen LogP contribution >= 0.6 is 23.5 Å². The Morgan fingerprint density at radius 1 is 1.50 bits per heavy atom. The Bertz CT molecular complexity index is 70.4. The summed E-state index contributed by atoms with van der Waals surface area (Å²) in [6.45, 7) is 0. The first-order valence-corrected chi connectivity index (χ1v) is 4.56. The minimum Gasteiger partial charge on any atom is -0.367 e. The van der Waals surface area contributed by atoms with E-state index in [-0.39, 0.29) is 5.25 Å². The fourth-order valence-electron chi connectivity index (χ4n) is 0.520. The highest BCUT2D eigenvalue weighted by Crippen LogP contribution is 2.30. The van der Waals surface area contributed by atoms with E-state index in [9.17, 15) is 0 Å². The monoisotopic (exact) mass is 152 g/mol. The zero-order valence-electron chi connectivity index (χ0n) is 4.28. The molecule has 0 aromatic rings. The Balaban J connectivity index is 2.24. The molecule has 0 aliphatic carbocycles. The average Bonchev–Trinajstić information content (AvgIpc) is 2.12. The van der Waals surface area contributed by atoms with E-state index in [0.717, 1.165) is 10.8 Å². The molecule has 1 rings (SSSR count). The Labute approximate surface area is 56.7 Å². The molecule has 4 heteroatoms. The Hall–Kier alpha value is 0.620. The van der Waals surface area contributed by atoms with Gasteiger partial charge in [-0.15, -0.1) is 23.5 Å². The van der Waals surface area contributed by atoms with Crippen LogP contribution in [0.15, 0.2) is 0 Å². The third-order valence-electron chi connectivity index (χ3n) is 0.980. The van der Waals surface area contributed by atoms with E-state index >= 15 is 0 Å². The van der Waals surface area contributed by atoms with Gasteiger partial charge in [0.15, 0.2) is 6.29 Å². The van der Waals surface area contributed by atoms with Gasteiger partial charge in [0.05, 0.1) is 5.25 Å². The lowest BCUT2D eigenvalue weighted by Gasteiger charge is -2.07. The van der Waals surface area contributed by atoms with Crippen molar-refractivity contribution in [3.05, 3.63) is 0 Å². The highest BCUT2D eigenvalue weighted by atomic mass is 32.2. The largest absolute Gasteiger partial charge is 0.367 e. The summed E-state index contributed by atoms with van der Waals surface area (Å²) in [6, 6.07) is 0. The molecule has 1 heterocycles. The molecule has 8 heavy (non-hydrogen) atoms. The van der Waals surface area contributed by atoms with Crippen molar-refractivity contribution >= 4 is 23.5 Å². The summed E-state index contributed by atoms with van der Waals surface area (Å²) >= 11 is 3.37. The molecule has 0 amide bonds. The van der Waals surface area contributed by atoms with Gasteiger partial charge < -0.3 is 10.2 Å². The summed E-state index contributed by atoms with van der Waals surface area (Å²) in [5.41, 5.74) is 0. The number of hydrogen-bond donors (Lipinski definition) is 2. The summed E-state index contributed by atoms with van der Waals surface area (Å²) in [6.07, 6.45) is -1.12. The van der Waals surface area contributed by atoms with Crippen molar-refractivity contribution in [3.63, 3.8) is 0 Å². The summed E-state index contributed by atoms with van der Waals surface area (Å²) in [5, 5.41) is 18.2. The normalized spacial score (nSPS) is 29.6. The van der Waals surface area contributed by atoms with Gasteiger partial charge in [0.25, 0.3) is 0 Å². The van der Waals surface area contributed by atoms with Crippen LogP contribution in [-0.4, -0.2) is 32.6 Å². The predicted octanol–water partition coefficient (Wildman–Crippen LogP) is 0.103. The maximum Gasteiger partial charge on any atom is 0.164 e. The second-order valence-electron chi connectivity index (χ2n) is 1.61. The quantitative estimate of drug-likeness (QED) is 0.523. The van der Waals surface area contributed by atoms with E-state index in [1.165, 1.54) is 0 Å². The van der Waals surface area contributed by atoms with Crippen LogP contribution in [0, 0.1) is 0 Å². The van der Waals surface area contributed by atoms with Crippen LogP contribution in [0.5, 0.6) is 0 Å². The van der Waals surface area contributed by atoms with Crippen molar-refractivity contribution in [2.24, 2.45) is 0 Å². The molecule has 1 aliphatic heterocycles. The lowest BCUT2D eigenvalue weighted by molar-refractivity contribution is -0.0355. The summed E-state index contributed by atoms with van der Waals surface area (Å²) < 4.78 is 0. The third-order valence-corrected chi connectivity index (χ3v) is 3.84. The molecule has 1 aliphatic rings. The Morgan fingerprint density at radius 2 is 2.25 bits per heavy atom. The number of thioether (sulfide) groups is 2. The predicted molar refractivity (Wildman–Crippen MR) is 36.9 cm³/mol. The van der Waals surface area contributed by atoms with Crippen LogP contribution in [0.25, 0.3) is 0 Å². The molecule has 48 valence electrons. The number of hydrogen-bond acceptors (Lipinski definition) is 4. The van der Waals surface area contributed by atoms with Crippen molar-refractivity contribution in [2.45, 2.75) is 11.5 Å². The van der Waals surface area contributed by atoms with Gasteiger partial charge in [0, 0.05) is 10.8 Å². The van der Waals surface area contributed by atoms with Crippen LogP contribution in [0.4, 0.5) is 0 Å². The molecular weight excluding hydrogens is 144 g/mol. The van der Waals surface area contributed by atoms with Gasteiger partial charge >= 0.3 is 0 Å². The van der Waals surface area contributed by atoms with Crippen molar-refractivity contribution in [3.8, 4) is 0 Å². The second kappa shape index (κ2) is 2.96. The van der Waals surface area contributed by atoms with E-state index in [4.69, 9.17) is 10.2 Å². The molecule has 0 aromatic heterocycles. The Kier molecular flexibility index (Phi) is 2.49. The molecule has 2 nitrogen and oxygen atoms in total. The van der Waals surface area contributed by atoms with Crippen LogP contribution in [0.1, 0.15) is 0 Å². The zero-order chi connectivity index (χ0) is 5.98. The van der Waals surface area contributed by atoms with Crippen molar-refractivity contribution in [1.29, 1.82) is 0 Å². The van der Waals surface area contributed by atoms with E-state index in [0.29, 0.717) is 0 Å². The maximum atomic E-state index is 8.57. The number of aliphatic hydroxyl groups excluding tert-OH is 1. The van der Waals surface area contributed by atoms with E-state index in [1.807, 2.05) is 0 Å². The lowest BCUT2D eigenvalue weighted by Crippen LogP contribution is -2.21. The Morgan fingerprint density at radius 3 is 2.50 bits per heavy atom. The molecule has 0 aromatic carbocycles. The fourth-order valence-corrected chi connectivity index (χ4v) is 3.24. The molecule has 0 radical (unpaired) electrons. The molecule has 1 unspecified atom stereocenters. The summed E-state index contributed by atoms with van der Waals surface area (Å²) in [7, 11) is 0. The zero-order valence-corrected chi connectivity index (χ0v) is 5.91. The van der Waals surface area contributed by atoms with E-state index in [1.54, 1.807) is 23.5 Å². The summed E-state index contributed by atoms with van der Waals surface area (Å²) in [4.78, 5) is 0. The van der Waals surface area contributed by atoms with Gasteiger partial charge in [-0.1, -0.05) is 0 Å². The van der Waals surface area contributed by atoms with Gasteiger partial charge in [-0.05, 0) is 0 Å². The van der Waals surface area contributed by atoms with Crippen LogP contribution in [0.3, 0.4) is 0 Å². The van der Waals surface area contributed by atoms with Gasteiger partial charge in [-0.3, -0.25) is 0 Å². The number of rotatable bonds is 1. The fraction of sp³-hybridized carbons (Fsp3) is 1.00. The lowest BCUT2D eigenvalue weighted by atomic mass is 10.5. The first-order chi connectivity index (χ1) is 3.80. The first kappa shape index (κ1) is 6.74. The van der Waals surface area contributed by atoms with Gasteiger partial charge in [0.2, 0.25) is 0 Å². The minimum absolute atomic E-state index is 0.0556. The second-order valence-corrected chi connectivity index (χ2v) is 4.23. The molecule has 2 N–H and O–H groups in total. The van der Waals surface area contributed by atoms with Crippen LogP contribution in [-0.2, 0) is 0 Å². The molecule has 0 spiro atoms. The van der Waals surface area contributed by atoms with Crippen molar-refractivity contribution < 1.29 is 10.2 Å². The average molecular weight is 152 g/mol. The van der Waals surface area contributed by atoms with Gasteiger partial charge in [-0.2, -0.15) is 0 Å². The van der Waals surface area contributed by atoms with E-state index < -0.39 is 6.29 Å². The van der Waals surface area contributed by atoms with Crippen LogP contribution in [0.2, 0.25) is 0 Å². The first-order valence-electron chi connectivity index (χ1n) is 2.36. The molecule has 1 saturated heterocycles. The molecule has 1 fully saturated rings. The third kappa shape index (κ3) is 1.55. The molecule has 1 atom stereocenters.